The molecule has 1 aliphatic carbocycles. The van der Waals surface area contributed by atoms with E-state index in [0.29, 0.717) is 18.9 Å². The van der Waals surface area contributed by atoms with Crippen molar-refractivity contribution >= 4 is 11.9 Å². The summed E-state index contributed by atoms with van der Waals surface area (Å²) >= 11 is 0. The molecule has 20 heavy (non-hydrogen) atoms. The van der Waals surface area contributed by atoms with E-state index in [1.54, 1.807) is 0 Å². The van der Waals surface area contributed by atoms with Gasteiger partial charge in [-0.1, -0.05) is 25.5 Å². The van der Waals surface area contributed by atoms with Gasteiger partial charge in [-0.05, 0) is 43.9 Å². The van der Waals surface area contributed by atoms with E-state index in [1.807, 2.05) is 0 Å². The third-order valence-corrected chi connectivity index (χ3v) is 3.63. The van der Waals surface area contributed by atoms with E-state index in [2.05, 4.69) is 25.2 Å². The first-order valence-electron chi connectivity index (χ1n) is 7.63. The highest BCUT2D eigenvalue weighted by molar-refractivity contribution is 5.78. The Morgan fingerprint density at radius 2 is 2.10 bits per heavy atom. The summed E-state index contributed by atoms with van der Waals surface area (Å²) in [7, 11) is 0. The van der Waals surface area contributed by atoms with Crippen LogP contribution in [-0.2, 0) is 9.59 Å². The van der Waals surface area contributed by atoms with Gasteiger partial charge in [0.1, 0.15) is 0 Å². The van der Waals surface area contributed by atoms with Gasteiger partial charge >= 0.3 is 5.97 Å². The molecule has 2 N–H and O–H groups in total. The van der Waals surface area contributed by atoms with Gasteiger partial charge in [0.15, 0.2) is 0 Å². The smallest absolute Gasteiger partial charge is 0.303 e. The lowest BCUT2D eigenvalue weighted by Gasteiger charge is -2.18. The average Bonchev–Trinajstić information content (AvgIpc) is 2.36. The average molecular weight is 281 g/mol. The van der Waals surface area contributed by atoms with E-state index in [1.165, 1.54) is 18.4 Å². The number of hydrogen-bond acceptors (Lipinski definition) is 2. The van der Waals surface area contributed by atoms with E-state index in [4.69, 9.17) is 5.11 Å². The number of carbonyl (C=O) groups is 2. The molecule has 4 heteroatoms. The van der Waals surface area contributed by atoms with Crippen molar-refractivity contribution in [3.05, 3.63) is 11.6 Å². The number of amides is 1. The normalized spacial score (nSPS) is 16.6. The molecule has 0 heterocycles. The molecule has 0 bridgehead atoms. The van der Waals surface area contributed by atoms with Crippen molar-refractivity contribution in [2.45, 2.75) is 58.8 Å². The van der Waals surface area contributed by atoms with Crippen LogP contribution in [0.25, 0.3) is 0 Å². The molecule has 1 unspecified atom stereocenters. The molecule has 0 aromatic heterocycles. The van der Waals surface area contributed by atoms with Crippen LogP contribution in [0.4, 0.5) is 0 Å². The minimum atomic E-state index is -0.792. The van der Waals surface area contributed by atoms with E-state index >= 15 is 0 Å². The number of aliphatic carboxylic acids is 1. The maximum atomic E-state index is 11.9. The molecule has 0 spiro atoms. The highest BCUT2D eigenvalue weighted by Gasteiger charge is 2.16. The van der Waals surface area contributed by atoms with Gasteiger partial charge < -0.3 is 10.4 Å². The summed E-state index contributed by atoms with van der Waals surface area (Å²) in [5.74, 6) is -0.300. The Labute approximate surface area is 121 Å². The Hall–Kier alpha value is -1.32. The maximum absolute atomic E-state index is 11.9. The number of allylic oxidation sites excluding steroid dienone is 1. The van der Waals surface area contributed by atoms with Crippen LogP contribution in [-0.4, -0.2) is 23.5 Å². The fourth-order valence-electron chi connectivity index (χ4n) is 2.74. The van der Waals surface area contributed by atoms with Crippen LogP contribution >= 0.6 is 0 Å². The van der Waals surface area contributed by atoms with Crippen LogP contribution in [0.3, 0.4) is 0 Å². The zero-order chi connectivity index (χ0) is 15.0. The summed E-state index contributed by atoms with van der Waals surface area (Å²) in [5.41, 5.74) is 1.23. The van der Waals surface area contributed by atoms with Gasteiger partial charge in [0, 0.05) is 19.4 Å². The second-order valence-electron chi connectivity index (χ2n) is 6.18. The third kappa shape index (κ3) is 7.31. The van der Waals surface area contributed by atoms with Gasteiger partial charge in [0.25, 0.3) is 0 Å². The Morgan fingerprint density at radius 3 is 2.65 bits per heavy atom. The quantitative estimate of drug-likeness (QED) is 0.672. The van der Waals surface area contributed by atoms with Crippen molar-refractivity contribution < 1.29 is 14.7 Å². The molecule has 0 saturated heterocycles. The van der Waals surface area contributed by atoms with Crippen molar-refractivity contribution in [3.8, 4) is 0 Å². The fourth-order valence-corrected chi connectivity index (χ4v) is 2.74. The SMILES string of the molecule is CC(C)CC(CNC(=O)CC1=CCCCC1)CC(=O)O. The third-order valence-electron chi connectivity index (χ3n) is 3.63. The lowest BCUT2D eigenvalue weighted by atomic mass is 9.93. The molecular weight excluding hydrogens is 254 g/mol. The highest BCUT2D eigenvalue weighted by Crippen LogP contribution is 2.20. The minimum Gasteiger partial charge on any atom is -0.481 e. The molecule has 0 fully saturated rings. The molecule has 1 aliphatic rings. The standard InChI is InChI=1S/C16H27NO3/c1-12(2)8-14(10-16(19)20)11-17-15(18)9-13-6-4-3-5-7-13/h6,12,14H,3-5,7-11H2,1-2H3,(H,17,18)(H,19,20). The molecule has 0 aromatic rings. The van der Waals surface area contributed by atoms with Gasteiger partial charge in [0.05, 0.1) is 0 Å². The first kappa shape index (κ1) is 16.7. The van der Waals surface area contributed by atoms with Crippen LogP contribution in [0.15, 0.2) is 11.6 Å². The number of rotatable bonds is 8. The van der Waals surface area contributed by atoms with Crippen molar-refractivity contribution in [2.75, 3.05) is 6.54 Å². The van der Waals surface area contributed by atoms with Crippen LogP contribution in [0, 0.1) is 11.8 Å². The molecule has 0 aromatic carbocycles. The number of carboxylic acid groups (broad SMARTS) is 1. The predicted molar refractivity (Wildman–Crippen MR) is 79.4 cm³/mol. The van der Waals surface area contributed by atoms with Crippen molar-refractivity contribution in [2.24, 2.45) is 11.8 Å². The second-order valence-corrected chi connectivity index (χ2v) is 6.18. The van der Waals surface area contributed by atoms with Gasteiger partial charge in [-0.15, -0.1) is 0 Å². The molecule has 0 saturated carbocycles. The Balaban J connectivity index is 2.35. The Bertz CT molecular complexity index is 361. The maximum Gasteiger partial charge on any atom is 0.303 e. The summed E-state index contributed by atoms with van der Waals surface area (Å²) in [4.78, 5) is 22.7. The molecule has 1 rings (SSSR count). The molecule has 0 aliphatic heterocycles. The summed E-state index contributed by atoms with van der Waals surface area (Å²) in [6, 6.07) is 0. The number of hydrogen-bond donors (Lipinski definition) is 2. The minimum absolute atomic E-state index is 0.0248. The van der Waals surface area contributed by atoms with E-state index < -0.39 is 5.97 Å². The number of nitrogens with one attached hydrogen (secondary N) is 1. The first-order chi connectivity index (χ1) is 9.47. The molecule has 4 nitrogen and oxygen atoms in total. The van der Waals surface area contributed by atoms with Gasteiger partial charge in [-0.2, -0.15) is 0 Å². The Kier molecular flexibility index (Phi) is 7.34. The van der Waals surface area contributed by atoms with Crippen molar-refractivity contribution in [1.82, 2.24) is 5.32 Å². The van der Waals surface area contributed by atoms with Crippen LogP contribution in [0.1, 0.15) is 58.8 Å². The van der Waals surface area contributed by atoms with E-state index in [-0.39, 0.29) is 18.2 Å². The second kappa shape index (κ2) is 8.77. The molecule has 1 amide bonds. The van der Waals surface area contributed by atoms with Crippen molar-refractivity contribution in [1.29, 1.82) is 0 Å². The lowest BCUT2D eigenvalue weighted by molar-refractivity contribution is -0.138. The predicted octanol–water partition coefficient (Wildman–Crippen LogP) is 3.13. The zero-order valence-electron chi connectivity index (χ0n) is 12.7. The largest absolute Gasteiger partial charge is 0.481 e. The summed E-state index contributed by atoms with van der Waals surface area (Å²) in [5, 5.41) is 11.8. The van der Waals surface area contributed by atoms with Crippen molar-refractivity contribution in [3.63, 3.8) is 0 Å². The molecular formula is C16H27NO3. The number of carbonyl (C=O) groups excluding carboxylic acids is 1. The van der Waals surface area contributed by atoms with Gasteiger partial charge in [-0.25, -0.2) is 0 Å². The van der Waals surface area contributed by atoms with Crippen LogP contribution in [0.5, 0.6) is 0 Å². The zero-order valence-corrected chi connectivity index (χ0v) is 12.7. The summed E-state index contributed by atoms with van der Waals surface area (Å²) in [6.07, 6.45) is 8.10. The highest BCUT2D eigenvalue weighted by atomic mass is 16.4. The van der Waals surface area contributed by atoms with Crippen LogP contribution in [0.2, 0.25) is 0 Å². The molecule has 0 radical (unpaired) electrons. The topological polar surface area (TPSA) is 66.4 Å². The van der Waals surface area contributed by atoms with E-state index in [0.717, 1.165) is 19.3 Å². The molecule has 1 atom stereocenters. The van der Waals surface area contributed by atoms with Crippen LogP contribution < -0.4 is 5.32 Å². The van der Waals surface area contributed by atoms with E-state index in [9.17, 15) is 9.59 Å². The monoisotopic (exact) mass is 281 g/mol. The van der Waals surface area contributed by atoms with Gasteiger partial charge in [0.2, 0.25) is 5.91 Å². The summed E-state index contributed by atoms with van der Waals surface area (Å²) < 4.78 is 0. The summed E-state index contributed by atoms with van der Waals surface area (Å²) in [6.45, 7) is 4.61. The molecule has 114 valence electrons. The fraction of sp³-hybridized carbons (Fsp3) is 0.750. The first-order valence-corrected chi connectivity index (χ1v) is 7.63. The van der Waals surface area contributed by atoms with Gasteiger partial charge in [-0.3, -0.25) is 9.59 Å². The lowest BCUT2D eigenvalue weighted by Crippen LogP contribution is -2.31. The number of carboxylic acids is 1. The Morgan fingerprint density at radius 1 is 1.35 bits per heavy atom.